The lowest BCUT2D eigenvalue weighted by Crippen LogP contribution is -2.60. The SMILES string of the molecule is CC(C)(C(N)=NO)N1CCN(CC(F)(F)F)CC1. The quantitative estimate of drug-likeness (QED) is 0.342. The molecule has 0 unspecified atom stereocenters. The first kappa shape index (κ1) is 15.0. The molecule has 1 saturated heterocycles. The standard InChI is InChI=1S/C10H19F3N4O/c1-9(2,8(14)15-18)17-5-3-16(4-6-17)7-10(11,12)13/h18H,3-7H2,1-2H3,(H2,14,15). The summed E-state index contributed by atoms with van der Waals surface area (Å²) in [6.45, 7) is 4.23. The van der Waals surface area contributed by atoms with Crippen LogP contribution in [0.1, 0.15) is 13.8 Å². The second kappa shape index (κ2) is 5.31. The highest BCUT2D eigenvalue weighted by Crippen LogP contribution is 2.21. The zero-order valence-corrected chi connectivity index (χ0v) is 10.5. The zero-order chi connectivity index (χ0) is 14.0. The van der Waals surface area contributed by atoms with Gasteiger partial charge in [-0.25, -0.2) is 0 Å². The number of rotatable bonds is 3. The molecule has 0 aromatic carbocycles. The normalized spacial score (nSPS) is 21.3. The highest BCUT2D eigenvalue weighted by molar-refractivity contribution is 5.88. The Kier molecular flexibility index (Phi) is 4.44. The fourth-order valence-electron chi connectivity index (χ4n) is 2.00. The van der Waals surface area contributed by atoms with Crippen molar-refractivity contribution in [1.29, 1.82) is 0 Å². The molecule has 3 N–H and O–H groups in total. The zero-order valence-electron chi connectivity index (χ0n) is 10.5. The molecule has 0 saturated carbocycles. The molecule has 0 spiro atoms. The Hall–Kier alpha value is -1.02. The van der Waals surface area contributed by atoms with E-state index >= 15 is 0 Å². The van der Waals surface area contributed by atoms with E-state index in [-0.39, 0.29) is 5.84 Å². The molecule has 1 rings (SSSR count). The largest absolute Gasteiger partial charge is 0.409 e. The van der Waals surface area contributed by atoms with Gasteiger partial charge < -0.3 is 10.9 Å². The first-order valence-corrected chi connectivity index (χ1v) is 5.69. The van der Waals surface area contributed by atoms with Gasteiger partial charge in [0, 0.05) is 26.2 Å². The van der Waals surface area contributed by atoms with Gasteiger partial charge in [-0.2, -0.15) is 13.2 Å². The summed E-state index contributed by atoms with van der Waals surface area (Å²) in [6.07, 6.45) is -4.16. The summed E-state index contributed by atoms with van der Waals surface area (Å²) >= 11 is 0. The molecule has 18 heavy (non-hydrogen) atoms. The third kappa shape index (κ3) is 3.74. The van der Waals surface area contributed by atoms with E-state index in [1.165, 1.54) is 4.90 Å². The van der Waals surface area contributed by atoms with Crippen molar-refractivity contribution in [3.05, 3.63) is 0 Å². The van der Waals surface area contributed by atoms with Crippen molar-refractivity contribution in [1.82, 2.24) is 9.80 Å². The van der Waals surface area contributed by atoms with Crippen LogP contribution in [0.2, 0.25) is 0 Å². The van der Waals surface area contributed by atoms with Crippen LogP contribution in [0.3, 0.4) is 0 Å². The summed E-state index contributed by atoms with van der Waals surface area (Å²) in [5.74, 6) is 0.0618. The predicted molar refractivity (Wildman–Crippen MR) is 61.6 cm³/mol. The smallest absolute Gasteiger partial charge is 0.401 e. The number of oxime groups is 1. The molecule has 0 atom stereocenters. The van der Waals surface area contributed by atoms with Crippen molar-refractivity contribution in [2.45, 2.75) is 25.6 Å². The fraction of sp³-hybridized carbons (Fsp3) is 0.900. The number of amidine groups is 1. The summed E-state index contributed by atoms with van der Waals surface area (Å²) < 4.78 is 36.7. The van der Waals surface area contributed by atoms with E-state index in [9.17, 15) is 13.2 Å². The van der Waals surface area contributed by atoms with Crippen LogP contribution in [0.15, 0.2) is 5.16 Å². The molecule has 1 aliphatic rings. The van der Waals surface area contributed by atoms with E-state index in [4.69, 9.17) is 10.9 Å². The summed E-state index contributed by atoms with van der Waals surface area (Å²) in [6, 6.07) is 0. The van der Waals surface area contributed by atoms with E-state index in [2.05, 4.69) is 5.16 Å². The molecule has 0 bridgehead atoms. The molecule has 0 radical (unpaired) electrons. The van der Waals surface area contributed by atoms with Gasteiger partial charge in [-0.05, 0) is 13.8 Å². The third-order valence-corrected chi connectivity index (χ3v) is 3.30. The van der Waals surface area contributed by atoms with Gasteiger partial charge in [0.15, 0.2) is 5.84 Å². The Bertz CT molecular complexity index is 309. The predicted octanol–water partition coefficient (Wildman–Crippen LogP) is 0.691. The number of hydrogen-bond donors (Lipinski definition) is 2. The molecule has 1 aliphatic heterocycles. The first-order valence-electron chi connectivity index (χ1n) is 5.69. The van der Waals surface area contributed by atoms with E-state index in [1.807, 2.05) is 4.90 Å². The molecule has 0 aliphatic carbocycles. The Balaban J connectivity index is 2.54. The van der Waals surface area contributed by atoms with E-state index < -0.39 is 18.3 Å². The second-order valence-corrected chi connectivity index (χ2v) is 4.92. The van der Waals surface area contributed by atoms with E-state index in [0.29, 0.717) is 26.2 Å². The second-order valence-electron chi connectivity index (χ2n) is 4.92. The summed E-state index contributed by atoms with van der Waals surface area (Å²) in [7, 11) is 0. The maximum Gasteiger partial charge on any atom is 0.401 e. The lowest BCUT2D eigenvalue weighted by Gasteiger charge is -2.43. The minimum atomic E-state index is -4.16. The van der Waals surface area contributed by atoms with Crippen molar-refractivity contribution in [3.8, 4) is 0 Å². The molecule has 1 fully saturated rings. The summed E-state index contributed by atoms with van der Waals surface area (Å²) in [5.41, 5.74) is 4.93. The van der Waals surface area contributed by atoms with Gasteiger partial charge in [-0.1, -0.05) is 5.16 Å². The minimum absolute atomic E-state index is 0.0618. The van der Waals surface area contributed by atoms with Crippen LogP contribution >= 0.6 is 0 Å². The first-order chi connectivity index (χ1) is 8.16. The Morgan fingerprint density at radius 1 is 1.22 bits per heavy atom. The van der Waals surface area contributed by atoms with Crippen LogP contribution < -0.4 is 5.73 Å². The molecule has 0 amide bonds. The lowest BCUT2D eigenvalue weighted by atomic mass is 10.0. The van der Waals surface area contributed by atoms with Gasteiger partial charge in [-0.3, -0.25) is 9.80 Å². The van der Waals surface area contributed by atoms with E-state index in [0.717, 1.165) is 0 Å². The number of nitrogens with two attached hydrogens (primary N) is 1. The van der Waals surface area contributed by atoms with Gasteiger partial charge in [-0.15, -0.1) is 0 Å². The Morgan fingerprint density at radius 2 is 1.72 bits per heavy atom. The van der Waals surface area contributed by atoms with Crippen LogP contribution in [0.25, 0.3) is 0 Å². The molecular formula is C10H19F3N4O. The average molecular weight is 268 g/mol. The molecule has 0 aromatic heterocycles. The van der Waals surface area contributed by atoms with Crippen LogP contribution in [-0.4, -0.2) is 65.3 Å². The van der Waals surface area contributed by atoms with Gasteiger partial charge in [0.05, 0.1) is 12.1 Å². The Morgan fingerprint density at radius 3 is 2.11 bits per heavy atom. The number of nitrogens with zero attached hydrogens (tertiary/aromatic N) is 3. The van der Waals surface area contributed by atoms with Crippen molar-refractivity contribution < 1.29 is 18.4 Å². The average Bonchev–Trinajstić information content (AvgIpc) is 2.26. The molecule has 0 aromatic rings. The summed E-state index contributed by atoms with van der Waals surface area (Å²) in [4.78, 5) is 3.27. The van der Waals surface area contributed by atoms with Gasteiger partial charge >= 0.3 is 6.18 Å². The van der Waals surface area contributed by atoms with Crippen molar-refractivity contribution in [3.63, 3.8) is 0 Å². The van der Waals surface area contributed by atoms with Gasteiger partial charge in [0.1, 0.15) is 0 Å². The number of alkyl halides is 3. The minimum Gasteiger partial charge on any atom is -0.409 e. The molecule has 106 valence electrons. The fourth-order valence-corrected chi connectivity index (χ4v) is 2.00. The molecule has 5 nitrogen and oxygen atoms in total. The highest BCUT2D eigenvalue weighted by Gasteiger charge is 2.36. The third-order valence-electron chi connectivity index (χ3n) is 3.30. The topological polar surface area (TPSA) is 65.1 Å². The summed E-state index contributed by atoms with van der Waals surface area (Å²) in [5, 5.41) is 11.7. The number of piperazine rings is 1. The van der Waals surface area contributed by atoms with Crippen molar-refractivity contribution in [2.75, 3.05) is 32.7 Å². The van der Waals surface area contributed by atoms with Gasteiger partial charge in [0.2, 0.25) is 0 Å². The molecular weight excluding hydrogens is 249 g/mol. The van der Waals surface area contributed by atoms with Crippen molar-refractivity contribution in [2.24, 2.45) is 10.9 Å². The van der Waals surface area contributed by atoms with Crippen LogP contribution in [-0.2, 0) is 0 Å². The molecule has 1 heterocycles. The highest BCUT2D eigenvalue weighted by atomic mass is 19.4. The Labute approximate surface area is 104 Å². The molecule has 8 heteroatoms. The van der Waals surface area contributed by atoms with Crippen LogP contribution in [0.5, 0.6) is 0 Å². The lowest BCUT2D eigenvalue weighted by molar-refractivity contribution is -0.150. The van der Waals surface area contributed by atoms with Crippen molar-refractivity contribution >= 4 is 5.84 Å². The number of hydrogen-bond acceptors (Lipinski definition) is 4. The van der Waals surface area contributed by atoms with Crippen LogP contribution in [0.4, 0.5) is 13.2 Å². The maximum atomic E-state index is 12.2. The van der Waals surface area contributed by atoms with Crippen LogP contribution in [0, 0.1) is 0 Å². The van der Waals surface area contributed by atoms with Gasteiger partial charge in [0.25, 0.3) is 0 Å². The maximum absolute atomic E-state index is 12.2. The van der Waals surface area contributed by atoms with E-state index in [1.54, 1.807) is 13.8 Å². The monoisotopic (exact) mass is 268 g/mol. The number of halogens is 3.